The van der Waals surface area contributed by atoms with Gasteiger partial charge in [0.25, 0.3) is 0 Å². The van der Waals surface area contributed by atoms with Crippen molar-refractivity contribution < 1.29 is 4.74 Å². The molecule has 0 saturated carbocycles. The summed E-state index contributed by atoms with van der Waals surface area (Å²) in [5.74, 6) is 1.15. The van der Waals surface area contributed by atoms with E-state index in [0.29, 0.717) is 29.0 Å². The van der Waals surface area contributed by atoms with Crippen LogP contribution in [-0.4, -0.2) is 25.1 Å². The third kappa shape index (κ3) is 4.99. The fourth-order valence-corrected chi connectivity index (χ4v) is 3.20. The summed E-state index contributed by atoms with van der Waals surface area (Å²) in [7, 11) is 2.08. The minimum Gasteiger partial charge on any atom is -0.493 e. The van der Waals surface area contributed by atoms with E-state index in [-0.39, 0.29) is 0 Å². The molecule has 0 spiro atoms. The predicted octanol–water partition coefficient (Wildman–Crippen LogP) is 5.10. The van der Waals surface area contributed by atoms with Crippen LogP contribution in [0.15, 0.2) is 47.0 Å². The van der Waals surface area contributed by atoms with Gasteiger partial charge in [0.1, 0.15) is 5.75 Å². The van der Waals surface area contributed by atoms with E-state index < -0.39 is 0 Å². The molecule has 25 heavy (non-hydrogen) atoms. The van der Waals surface area contributed by atoms with E-state index in [0.717, 1.165) is 41.1 Å². The zero-order chi connectivity index (χ0) is 18.6. The fourth-order valence-electron chi connectivity index (χ4n) is 2.79. The first-order valence-corrected chi connectivity index (χ1v) is 9.29. The van der Waals surface area contributed by atoms with Crippen LogP contribution in [-0.2, 0) is 0 Å². The lowest BCUT2D eigenvalue weighted by Crippen LogP contribution is -2.30. The highest BCUT2D eigenvalue weighted by Crippen LogP contribution is 2.33. The van der Waals surface area contributed by atoms with E-state index in [2.05, 4.69) is 31.2 Å². The topological polar surface area (TPSA) is 38.5 Å². The molecule has 1 atom stereocenters. The van der Waals surface area contributed by atoms with Gasteiger partial charge < -0.3 is 15.4 Å². The first-order valence-electron chi connectivity index (χ1n) is 8.47. The molecule has 2 rings (SSSR count). The summed E-state index contributed by atoms with van der Waals surface area (Å²) in [6, 6.07) is 5.53. The number of piperidine rings is 1. The summed E-state index contributed by atoms with van der Waals surface area (Å²) >= 11 is 10.7. The van der Waals surface area contributed by atoms with Crippen LogP contribution in [0.3, 0.4) is 0 Å². The molecule has 1 fully saturated rings. The van der Waals surface area contributed by atoms with Crippen LogP contribution in [0.4, 0.5) is 0 Å². The second-order valence-corrected chi connectivity index (χ2v) is 7.42. The Kier molecular flexibility index (Phi) is 6.91. The Hall–Kier alpha value is -1.52. The summed E-state index contributed by atoms with van der Waals surface area (Å²) in [6.45, 7) is 9.70. The molecule has 136 valence electrons. The van der Waals surface area contributed by atoms with Crippen molar-refractivity contribution in [3.05, 3.63) is 57.6 Å². The summed E-state index contributed by atoms with van der Waals surface area (Å²) in [5, 5.41) is 0.628. The maximum atomic E-state index is 6.33. The molecule has 1 heterocycles. The number of ether oxygens (including phenoxy) is 1. The Bertz CT molecular complexity index is 712. The SMILES string of the molecule is C=C1CC(COc2cc(Cl)ccc2/C(N)=C(S)/C(C)=C\C)CCN1C. The number of nitrogens with two attached hydrogens (primary N) is 1. The molecule has 1 saturated heterocycles. The number of benzene rings is 1. The lowest BCUT2D eigenvalue weighted by atomic mass is 9.96. The number of allylic oxidation sites excluding steroid dienone is 3. The first kappa shape index (κ1) is 19.8. The van der Waals surface area contributed by atoms with Gasteiger partial charge in [-0.3, -0.25) is 0 Å². The largest absolute Gasteiger partial charge is 0.493 e. The Balaban J connectivity index is 2.21. The zero-order valence-electron chi connectivity index (χ0n) is 15.2. The maximum absolute atomic E-state index is 6.33. The number of hydrogen-bond donors (Lipinski definition) is 2. The molecule has 1 aromatic carbocycles. The van der Waals surface area contributed by atoms with Crippen LogP contribution in [0.2, 0.25) is 5.02 Å². The molecule has 2 N–H and O–H groups in total. The van der Waals surface area contributed by atoms with Gasteiger partial charge in [0, 0.05) is 40.7 Å². The molecule has 0 amide bonds. The lowest BCUT2D eigenvalue weighted by molar-refractivity contribution is 0.191. The predicted molar refractivity (Wildman–Crippen MR) is 111 cm³/mol. The van der Waals surface area contributed by atoms with Crippen molar-refractivity contribution in [3.63, 3.8) is 0 Å². The molecule has 1 aliphatic rings. The highest BCUT2D eigenvalue weighted by atomic mass is 35.5. The summed E-state index contributed by atoms with van der Waals surface area (Å²) in [5.41, 5.74) is 9.93. The van der Waals surface area contributed by atoms with Crippen LogP contribution in [0.5, 0.6) is 5.75 Å². The second kappa shape index (κ2) is 8.72. The molecule has 0 aromatic heterocycles. The van der Waals surface area contributed by atoms with E-state index in [9.17, 15) is 0 Å². The van der Waals surface area contributed by atoms with Crippen LogP contribution in [0, 0.1) is 5.92 Å². The standard InChI is InChI=1S/C20H27ClN2OS/c1-5-13(2)20(25)19(22)17-7-6-16(21)11-18(17)24-12-15-8-9-23(4)14(3)10-15/h5-7,11,15,25H,3,8-10,12,22H2,1-2,4H3/b13-5-,20-19+. The van der Waals surface area contributed by atoms with E-state index in [1.54, 1.807) is 0 Å². The molecule has 1 aliphatic heterocycles. The highest BCUT2D eigenvalue weighted by molar-refractivity contribution is 7.85. The minimum atomic E-state index is 0.452. The van der Waals surface area contributed by atoms with Crippen molar-refractivity contribution in [2.24, 2.45) is 11.7 Å². The van der Waals surface area contributed by atoms with Crippen molar-refractivity contribution >= 4 is 29.9 Å². The Morgan fingerprint density at radius 1 is 1.52 bits per heavy atom. The first-order chi connectivity index (χ1) is 11.8. The number of thiol groups is 1. The maximum Gasteiger partial charge on any atom is 0.130 e. The van der Waals surface area contributed by atoms with Gasteiger partial charge in [-0.2, -0.15) is 0 Å². The smallest absolute Gasteiger partial charge is 0.130 e. The van der Waals surface area contributed by atoms with E-state index >= 15 is 0 Å². The monoisotopic (exact) mass is 378 g/mol. The van der Waals surface area contributed by atoms with Crippen molar-refractivity contribution in [1.82, 2.24) is 4.90 Å². The van der Waals surface area contributed by atoms with E-state index in [1.165, 1.54) is 0 Å². The Morgan fingerprint density at radius 2 is 2.24 bits per heavy atom. The van der Waals surface area contributed by atoms with Gasteiger partial charge in [-0.15, -0.1) is 12.6 Å². The summed E-state index contributed by atoms with van der Waals surface area (Å²) < 4.78 is 6.11. The molecule has 0 bridgehead atoms. The number of halogens is 1. The van der Waals surface area contributed by atoms with E-state index in [4.69, 9.17) is 22.1 Å². The molecular formula is C20H27ClN2OS. The molecule has 5 heteroatoms. The Morgan fingerprint density at radius 3 is 2.88 bits per heavy atom. The van der Waals surface area contributed by atoms with Gasteiger partial charge in [0.05, 0.1) is 12.3 Å². The van der Waals surface area contributed by atoms with Crippen molar-refractivity contribution in [2.45, 2.75) is 26.7 Å². The van der Waals surface area contributed by atoms with Crippen LogP contribution < -0.4 is 10.5 Å². The lowest BCUT2D eigenvalue weighted by Gasteiger charge is -2.32. The highest BCUT2D eigenvalue weighted by Gasteiger charge is 2.20. The van der Waals surface area contributed by atoms with Crippen molar-refractivity contribution in [3.8, 4) is 5.75 Å². The molecule has 0 aliphatic carbocycles. The van der Waals surface area contributed by atoms with Crippen LogP contribution in [0.25, 0.3) is 5.70 Å². The quantitative estimate of drug-likeness (QED) is 0.553. The zero-order valence-corrected chi connectivity index (χ0v) is 16.8. The van der Waals surface area contributed by atoms with Crippen molar-refractivity contribution in [1.29, 1.82) is 0 Å². The molecule has 0 radical (unpaired) electrons. The molecular weight excluding hydrogens is 352 g/mol. The van der Waals surface area contributed by atoms with Gasteiger partial charge in [-0.25, -0.2) is 0 Å². The summed E-state index contributed by atoms with van der Waals surface area (Å²) in [4.78, 5) is 2.96. The third-order valence-electron chi connectivity index (χ3n) is 4.71. The molecule has 1 unspecified atom stereocenters. The van der Waals surface area contributed by atoms with Gasteiger partial charge in [0.15, 0.2) is 0 Å². The third-order valence-corrected chi connectivity index (χ3v) is 5.54. The van der Waals surface area contributed by atoms with Gasteiger partial charge >= 0.3 is 0 Å². The minimum absolute atomic E-state index is 0.452. The fraction of sp³-hybridized carbons (Fsp3) is 0.400. The Labute approximate surface area is 161 Å². The molecule has 1 aromatic rings. The van der Waals surface area contributed by atoms with E-state index in [1.807, 2.05) is 38.1 Å². The van der Waals surface area contributed by atoms with Gasteiger partial charge in [-0.1, -0.05) is 24.3 Å². The van der Waals surface area contributed by atoms with Crippen LogP contribution >= 0.6 is 24.2 Å². The van der Waals surface area contributed by atoms with Gasteiger partial charge in [0.2, 0.25) is 0 Å². The number of rotatable bonds is 5. The van der Waals surface area contributed by atoms with Crippen LogP contribution in [0.1, 0.15) is 32.3 Å². The van der Waals surface area contributed by atoms with Gasteiger partial charge in [-0.05, 0) is 50.5 Å². The molecule has 3 nitrogen and oxygen atoms in total. The number of hydrogen-bond acceptors (Lipinski definition) is 4. The normalized spacial score (nSPS) is 19.7. The van der Waals surface area contributed by atoms with Crippen molar-refractivity contribution in [2.75, 3.05) is 20.2 Å². The number of likely N-dealkylation sites (tertiary alicyclic amines) is 1. The second-order valence-electron chi connectivity index (χ2n) is 6.53. The number of nitrogens with zero attached hydrogens (tertiary/aromatic N) is 1. The summed E-state index contributed by atoms with van der Waals surface area (Å²) in [6.07, 6.45) is 4.02. The average molecular weight is 379 g/mol. The average Bonchev–Trinajstić information content (AvgIpc) is 2.60.